The van der Waals surface area contributed by atoms with Crippen molar-refractivity contribution in [2.24, 2.45) is 0 Å². The Balaban J connectivity index is 1.59. The van der Waals surface area contributed by atoms with Crippen LogP contribution in [0, 0.1) is 0 Å². The Morgan fingerprint density at radius 1 is 1.09 bits per heavy atom. The van der Waals surface area contributed by atoms with E-state index in [0.29, 0.717) is 12.3 Å². The second-order valence-electron chi connectivity index (χ2n) is 6.01. The van der Waals surface area contributed by atoms with Gasteiger partial charge in [0.2, 0.25) is 0 Å². The van der Waals surface area contributed by atoms with Crippen molar-refractivity contribution in [3.8, 4) is 16.9 Å². The van der Waals surface area contributed by atoms with Crippen LogP contribution >= 0.6 is 0 Å². The molecular formula is C19H21NO3. The maximum atomic E-state index is 11.9. The van der Waals surface area contributed by atoms with E-state index in [1.54, 1.807) is 0 Å². The number of aliphatic hydroxyl groups is 1. The molecule has 0 unspecified atom stereocenters. The Hall–Kier alpha value is -2.33. The molecular weight excluding hydrogens is 290 g/mol. The van der Waals surface area contributed by atoms with Gasteiger partial charge in [0.05, 0.1) is 5.60 Å². The molecule has 0 saturated heterocycles. The molecule has 2 aromatic rings. The van der Waals surface area contributed by atoms with E-state index in [-0.39, 0.29) is 12.5 Å². The topological polar surface area (TPSA) is 58.6 Å². The van der Waals surface area contributed by atoms with Crippen LogP contribution in [0.3, 0.4) is 0 Å². The van der Waals surface area contributed by atoms with Gasteiger partial charge in [-0.15, -0.1) is 0 Å². The molecule has 0 aromatic heterocycles. The van der Waals surface area contributed by atoms with Crippen LogP contribution in [0.4, 0.5) is 0 Å². The average Bonchev–Trinajstić information content (AvgIpc) is 2.57. The van der Waals surface area contributed by atoms with Crippen LogP contribution in [0.25, 0.3) is 11.1 Å². The summed E-state index contributed by atoms with van der Waals surface area (Å²) in [6.07, 6.45) is 2.53. The quantitative estimate of drug-likeness (QED) is 0.862. The lowest BCUT2D eigenvalue weighted by molar-refractivity contribution is -0.125. The van der Waals surface area contributed by atoms with Gasteiger partial charge in [-0.2, -0.15) is 0 Å². The second kappa shape index (κ2) is 6.84. The largest absolute Gasteiger partial charge is 0.483 e. The fourth-order valence-electron chi connectivity index (χ4n) is 2.67. The van der Waals surface area contributed by atoms with Crippen molar-refractivity contribution in [1.29, 1.82) is 0 Å². The fraction of sp³-hybridized carbons (Fsp3) is 0.316. The molecule has 1 aliphatic rings. The van der Waals surface area contributed by atoms with E-state index < -0.39 is 5.60 Å². The normalized spacial score (nSPS) is 15.5. The van der Waals surface area contributed by atoms with Crippen LogP contribution in [0.2, 0.25) is 0 Å². The average molecular weight is 311 g/mol. The van der Waals surface area contributed by atoms with Crippen molar-refractivity contribution < 1.29 is 14.6 Å². The van der Waals surface area contributed by atoms with Gasteiger partial charge < -0.3 is 15.2 Å². The smallest absolute Gasteiger partial charge is 0.258 e. The summed E-state index contributed by atoms with van der Waals surface area (Å²) in [7, 11) is 0. The summed E-state index contributed by atoms with van der Waals surface area (Å²) >= 11 is 0. The highest BCUT2D eigenvalue weighted by atomic mass is 16.5. The molecule has 1 amide bonds. The number of rotatable bonds is 6. The van der Waals surface area contributed by atoms with Gasteiger partial charge in [0.25, 0.3) is 5.91 Å². The number of hydrogen-bond donors (Lipinski definition) is 2. The van der Waals surface area contributed by atoms with Gasteiger partial charge in [-0.1, -0.05) is 48.5 Å². The third kappa shape index (κ3) is 3.90. The number of ether oxygens (including phenoxy) is 1. The molecule has 23 heavy (non-hydrogen) atoms. The minimum atomic E-state index is -0.711. The standard InChI is InChI=1S/C19H21NO3/c21-18(20-14-19(22)11-6-12-19)13-23-17-10-5-4-9-16(17)15-7-2-1-3-8-15/h1-5,7-10,22H,6,11-14H2,(H,20,21). The van der Waals surface area contributed by atoms with Gasteiger partial charge in [0.15, 0.2) is 6.61 Å². The SMILES string of the molecule is O=C(COc1ccccc1-c1ccccc1)NCC1(O)CCC1. The first-order valence-electron chi connectivity index (χ1n) is 7.93. The molecule has 1 fully saturated rings. The highest BCUT2D eigenvalue weighted by Crippen LogP contribution is 2.31. The monoisotopic (exact) mass is 311 g/mol. The molecule has 0 atom stereocenters. The van der Waals surface area contributed by atoms with E-state index >= 15 is 0 Å². The second-order valence-corrected chi connectivity index (χ2v) is 6.01. The van der Waals surface area contributed by atoms with E-state index in [0.717, 1.165) is 30.4 Å². The molecule has 4 nitrogen and oxygen atoms in total. The zero-order valence-electron chi connectivity index (χ0n) is 13.0. The van der Waals surface area contributed by atoms with Crippen molar-refractivity contribution >= 4 is 5.91 Å². The molecule has 3 rings (SSSR count). The summed E-state index contributed by atoms with van der Waals surface area (Å²) < 4.78 is 5.68. The van der Waals surface area contributed by atoms with E-state index in [1.165, 1.54) is 0 Å². The van der Waals surface area contributed by atoms with Crippen LogP contribution < -0.4 is 10.1 Å². The molecule has 0 bridgehead atoms. The fourth-order valence-corrected chi connectivity index (χ4v) is 2.67. The minimum Gasteiger partial charge on any atom is -0.483 e. The third-order valence-electron chi connectivity index (χ3n) is 4.23. The number of amides is 1. The Morgan fingerprint density at radius 3 is 2.48 bits per heavy atom. The zero-order chi connectivity index (χ0) is 16.1. The molecule has 0 heterocycles. The summed E-state index contributed by atoms with van der Waals surface area (Å²) in [6, 6.07) is 17.6. The van der Waals surface area contributed by atoms with Crippen molar-refractivity contribution in [3.63, 3.8) is 0 Å². The lowest BCUT2D eigenvalue weighted by atomic mass is 9.80. The summed E-state index contributed by atoms with van der Waals surface area (Å²) in [6.45, 7) is 0.245. The zero-order valence-corrected chi connectivity index (χ0v) is 13.0. The van der Waals surface area contributed by atoms with Crippen molar-refractivity contribution in [3.05, 3.63) is 54.6 Å². The van der Waals surface area contributed by atoms with Crippen LogP contribution in [0.5, 0.6) is 5.75 Å². The van der Waals surface area contributed by atoms with Crippen LogP contribution in [0.1, 0.15) is 19.3 Å². The number of carbonyl (C=O) groups is 1. The van der Waals surface area contributed by atoms with Crippen molar-refractivity contribution in [2.75, 3.05) is 13.2 Å². The lowest BCUT2D eigenvalue weighted by Crippen LogP contribution is -2.48. The minimum absolute atomic E-state index is 0.0556. The number of hydrogen-bond acceptors (Lipinski definition) is 3. The van der Waals surface area contributed by atoms with Crippen molar-refractivity contribution in [2.45, 2.75) is 24.9 Å². The lowest BCUT2D eigenvalue weighted by Gasteiger charge is -2.36. The molecule has 0 radical (unpaired) electrons. The van der Waals surface area contributed by atoms with Gasteiger partial charge in [0.1, 0.15) is 5.75 Å². The maximum Gasteiger partial charge on any atom is 0.258 e. The molecule has 4 heteroatoms. The predicted octanol–water partition coefficient (Wildman–Crippen LogP) is 2.76. The van der Waals surface area contributed by atoms with E-state index in [9.17, 15) is 9.90 Å². The van der Waals surface area contributed by atoms with E-state index in [4.69, 9.17) is 4.74 Å². The van der Waals surface area contributed by atoms with Crippen LogP contribution in [-0.4, -0.2) is 29.8 Å². The summed E-state index contributed by atoms with van der Waals surface area (Å²) in [5, 5.41) is 12.7. The first-order valence-corrected chi connectivity index (χ1v) is 7.93. The molecule has 0 spiro atoms. The third-order valence-corrected chi connectivity index (χ3v) is 4.23. The first-order chi connectivity index (χ1) is 11.2. The number of nitrogens with one attached hydrogen (secondary N) is 1. The highest BCUT2D eigenvalue weighted by molar-refractivity contribution is 5.78. The van der Waals surface area contributed by atoms with Crippen molar-refractivity contribution in [1.82, 2.24) is 5.32 Å². The Kier molecular flexibility index (Phi) is 4.63. The summed E-state index contributed by atoms with van der Waals surface area (Å²) in [4.78, 5) is 11.9. The first kappa shape index (κ1) is 15.6. The van der Waals surface area contributed by atoms with E-state index in [2.05, 4.69) is 5.32 Å². The predicted molar refractivity (Wildman–Crippen MR) is 89.2 cm³/mol. The van der Waals surface area contributed by atoms with Gasteiger partial charge in [0, 0.05) is 12.1 Å². The van der Waals surface area contributed by atoms with Gasteiger partial charge in [-0.25, -0.2) is 0 Å². The number of carbonyl (C=O) groups excluding carboxylic acids is 1. The maximum absolute atomic E-state index is 11.9. The molecule has 2 aromatic carbocycles. The molecule has 120 valence electrons. The summed E-state index contributed by atoms with van der Waals surface area (Å²) in [5.41, 5.74) is 1.29. The summed E-state index contributed by atoms with van der Waals surface area (Å²) in [5.74, 6) is 0.462. The number of benzene rings is 2. The molecule has 2 N–H and O–H groups in total. The van der Waals surface area contributed by atoms with Gasteiger partial charge in [-0.05, 0) is 30.9 Å². The highest BCUT2D eigenvalue weighted by Gasteiger charge is 2.34. The van der Waals surface area contributed by atoms with E-state index in [1.807, 2.05) is 54.6 Å². The van der Waals surface area contributed by atoms with Gasteiger partial charge in [-0.3, -0.25) is 4.79 Å². The van der Waals surface area contributed by atoms with Crippen LogP contribution in [-0.2, 0) is 4.79 Å². The molecule has 0 aliphatic heterocycles. The molecule has 1 saturated carbocycles. The Labute approximate surface area is 136 Å². The van der Waals surface area contributed by atoms with Gasteiger partial charge >= 0.3 is 0 Å². The Bertz CT molecular complexity index is 665. The van der Waals surface area contributed by atoms with Crippen LogP contribution in [0.15, 0.2) is 54.6 Å². The molecule has 1 aliphatic carbocycles. The number of para-hydroxylation sites is 1. The Morgan fingerprint density at radius 2 is 1.78 bits per heavy atom.